The molecule has 2 saturated heterocycles. The Hall–Kier alpha value is -0.0800. The normalized spacial score (nSPS) is 32.8. The van der Waals surface area contributed by atoms with E-state index in [1.54, 1.807) is 0 Å². The van der Waals surface area contributed by atoms with Crippen molar-refractivity contribution in [1.29, 1.82) is 0 Å². The van der Waals surface area contributed by atoms with Gasteiger partial charge in [-0.15, -0.1) is 0 Å². The molecule has 0 bridgehead atoms. The number of piperazine rings is 1. The fraction of sp³-hybridized carbons (Fsp3) is 1.00. The summed E-state index contributed by atoms with van der Waals surface area (Å²) in [5, 5.41) is 0. The molecular weight excluding hydrogens is 148 g/mol. The Morgan fingerprint density at radius 2 is 2.08 bits per heavy atom. The highest BCUT2D eigenvalue weighted by atomic mass is 15.3. The lowest BCUT2D eigenvalue weighted by molar-refractivity contribution is 0.0827. The van der Waals surface area contributed by atoms with Crippen LogP contribution in [0.5, 0.6) is 0 Å². The van der Waals surface area contributed by atoms with Crippen LogP contribution >= 0.6 is 0 Å². The second-order valence-corrected chi connectivity index (χ2v) is 4.42. The Labute approximate surface area is 77.0 Å². The van der Waals surface area contributed by atoms with Crippen molar-refractivity contribution in [3.63, 3.8) is 0 Å². The molecule has 2 aliphatic heterocycles. The van der Waals surface area contributed by atoms with Crippen molar-refractivity contribution >= 4 is 0 Å². The van der Waals surface area contributed by atoms with Crippen LogP contribution < -0.4 is 0 Å². The second-order valence-electron chi connectivity index (χ2n) is 4.42. The highest BCUT2D eigenvalue weighted by molar-refractivity contribution is 4.87. The zero-order valence-corrected chi connectivity index (χ0v) is 8.29. The van der Waals surface area contributed by atoms with Gasteiger partial charge >= 0.3 is 0 Å². The van der Waals surface area contributed by atoms with E-state index >= 15 is 0 Å². The lowest BCUT2D eigenvalue weighted by Gasteiger charge is -2.39. The maximum absolute atomic E-state index is 2.67. The molecule has 72 valence electrons. The van der Waals surface area contributed by atoms with Crippen molar-refractivity contribution < 1.29 is 1.43 Å². The van der Waals surface area contributed by atoms with Crippen LogP contribution in [0.1, 0.15) is 28.1 Å². The molecule has 0 aromatic carbocycles. The van der Waals surface area contributed by atoms with Crippen molar-refractivity contribution in [2.75, 3.05) is 26.2 Å². The lowest BCUT2D eigenvalue weighted by Crippen LogP contribution is -2.52. The van der Waals surface area contributed by atoms with Crippen molar-refractivity contribution in [3.8, 4) is 0 Å². The first kappa shape index (κ1) is 8.52. The molecule has 0 spiro atoms. The van der Waals surface area contributed by atoms with Gasteiger partial charge in [-0.05, 0) is 33.2 Å². The van der Waals surface area contributed by atoms with Crippen molar-refractivity contribution in [2.24, 2.45) is 0 Å². The third-order valence-corrected chi connectivity index (χ3v) is 3.35. The molecule has 2 nitrogen and oxygen atoms in total. The fourth-order valence-electron chi connectivity index (χ4n) is 2.48. The van der Waals surface area contributed by atoms with Crippen molar-refractivity contribution in [1.82, 2.24) is 9.80 Å². The maximum atomic E-state index is 2.67. The van der Waals surface area contributed by atoms with E-state index in [4.69, 9.17) is 0 Å². The molecule has 1 unspecified atom stereocenters. The number of fused-ring (bicyclic) bond motifs is 1. The zero-order chi connectivity index (χ0) is 8.55. The summed E-state index contributed by atoms with van der Waals surface area (Å²) in [6.07, 6.45) is 2.86. The summed E-state index contributed by atoms with van der Waals surface area (Å²) >= 11 is 0. The largest absolute Gasteiger partial charge is 0.298 e. The Kier molecular flexibility index (Phi) is 2.37. The van der Waals surface area contributed by atoms with E-state index in [2.05, 4.69) is 23.6 Å². The average molecular weight is 170 g/mol. The van der Waals surface area contributed by atoms with Crippen LogP contribution in [-0.2, 0) is 0 Å². The molecule has 0 aromatic heterocycles. The molecule has 12 heavy (non-hydrogen) atoms. The van der Waals surface area contributed by atoms with E-state index in [1.807, 2.05) is 0 Å². The number of hydrogen-bond acceptors (Lipinski definition) is 2. The fourth-order valence-corrected chi connectivity index (χ4v) is 2.48. The molecule has 2 heteroatoms. The van der Waals surface area contributed by atoms with Gasteiger partial charge in [0.15, 0.2) is 0 Å². The molecule has 0 saturated carbocycles. The average Bonchev–Trinajstić information content (AvgIpc) is 2.49. The molecule has 0 aromatic rings. The Morgan fingerprint density at radius 1 is 1.25 bits per heavy atom. The monoisotopic (exact) mass is 170 g/mol. The van der Waals surface area contributed by atoms with Crippen LogP contribution in [0.2, 0.25) is 0 Å². The highest BCUT2D eigenvalue weighted by Gasteiger charge is 2.30. The van der Waals surface area contributed by atoms with Crippen LogP contribution in [0.4, 0.5) is 0 Å². The number of hydrogen-bond donors (Lipinski definition) is 0. The van der Waals surface area contributed by atoms with Gasteiger partial charge in [0.1, 0.15) is 0 Å². The molecule has 2 heterocycles. The standard InChI is InChI=1S/C10H20N2.H2/c1-9(2)12-7-6-11-5-3-4-10(11)8-12;/h9-10H,3-8H2,1-2H3;1H. The van der Waals surface area contributed by atoms with Crippen LogP contribution in [0, 0.1) is 0 Å². The molecule has 0 aliphatic carbocycles. The first-order valence-corrected chi connectivity index (χ1v) is 5.25. The summed E-state index contributed by atoms with van der Waals surface area (Å²) in [5.74, 6) is 0. The van der Waals surface area contributed by atoms with E-state index in [9.17, 15) is 0 Å². The molecule has 0 radical (unpaired) electrons. The summed E-state index contributed by atoms with van der Waals surface area (Å²) in [6.45, 7) is 9.89. The van der Waals surface area contributed by atoms with Crippen LogP contribution in [0.25, 0.3) is 0 Å². The van der Waals surface area contributed by atoms with E-state index in [0.29, 0.717) is 0 Å². The molecule has 2 aliphatic rings. The van der Waals surface area contributed by atoms with Gasteiger partial charge < -0.3 is 0 Å². The Balaban J connectivity index is 0.000000845. The summed E-state index contributed by atoms with van der Waals surface area (Å²) in [5.41, 5.74) is 0. The minimum Gasteiger partial charge on any atom is -0.298 e. The zero-order valence-electron chi connectivity index (χ0n) is 8.29. The molecular formula is C10H22N2. The third kappa shape index (κ3) is 1.50. The first-order valence-electron chi connectivity index (χ1n) is 5.25. The van der Waals surface area contributed by atoms with Gasteiger partial charge in [0, 0.05) is 33.1 Å². The number of nitrogens with zero attached hydrogens (tertiary/aromatic N) is 2. The maximum Gasteiger partial charge on any atom is 0.0224 e. The Morgan fingerprint density at radius 3 is 2.83 bits per heavy atom. The molecule has 0 amide bonds. The van der Waals surface area contributed by atoms with Crippen molar-refractivity contribution in [2.45, 2.75) is 38.8 Å². The summed E-state index contributed by atoms with van der Waals surface area (Å²) in [7, 11) is 0. The van der Waals surface area contributed by atoms with Gasteiger partial charge in [0.05, 0.1) is 0 Å². The van der Waals surface area contributed by atoms with Gasteiger partial charge in [0.2, 0.25) is 0 Å². The van der Waals surface area contributed by atoms with E-state index < -0.39 is 0 Å². The first-order chi connectivity index (χ1) is 5.77. The summed E-state index contributed by atoms with van der Waals surface area (Å²) in [4.78, 5) is 5.28. The van der Waals surface area contributed by atoms with Gasteiger partial charge in [-0.2, -0.15) is 0 Å². The topological polar surface area (TPSA) is 6.48 Å². The third-order valence-electron chi connectivity index (χ3n) is 3.35. The minimum atomic E-state index is 0. The van der Waals surface area contributed by atoms with E-state index in [1.165, 1.54) is 39.0 Å². The lowest BCUT2D eigenvalue weighted by atomic mass is 10.1. The minimum absolute atomic E-state index is 0. The van der Waals surface area contributed by atoms with Gasteiger partial charge in [-0.3, -0.25) is 9.80 Å². The molecule has 1 atom stereocenters. The predicted octanol–water partition coefficient (Wildman–Crippen LogP) is 1.42. The second kappa shape index (κ2) is 3.35. The predicted molar refractivity (Wildman–Crippen MR) is 53.4 cm³/mol. The van der Waals surface area contributed by atoms with Crippen molar-refractivity contribution in [3.05, 3.63) is 0 Å². The van der Waals surface area contributed by atoms with Gasteiger partial charge in [-0.25, -0.2) is 0 Å². The quantitative estimate of drug-likeness (QED) is 0.587. The number of rotatable bonds is 1. The van der Waals surface area contributed by atoms with Gasteiger partial charge in [-0.1, -0.05) is 0 Å². The Bertz CT molecular complexity index is 161. The van der Waals surface area contributed by atoms with Crippen LogP contribution in [0.15, 0.2) is 0 Å². The van der Waals surface area contributed by atoms with Crippen LogP contribution in [0.3, 0.4) is 0 Å². The SMILES string of the molecule is CC(C)N1CCN2CCCC2C1.[HH]. The highest BCUT2D eigenvalue weighted by Crippen LogP contribution is 2.22. The molecule has 2 fully saturated rings. The van der Waals surface area contributed by atoms with E-state index in [-0.39, 0.29) is 1.43 Å². The smallest absolute Gasteiger partial charge is 0.0224 e. The van der Waals surface area contributed by atoms with Gasteiger partial charge in [0.25, 0.3) is 0 Å². The van der Waals surface area contributed by atoms with E-state index in [0.717, 1.165) is 12.1 Å². The molecule has 0 N–H and O–H groups in total. The van der Waals surface area contributed by atoms with Crippen LogP contribution in [-0.4, -0.2) is 48.1 Å². The summed E-state index contributed by atoms with van der Waals surface area (Å²) < 4.78 is 0. The summed E-state index contributed by atoms with van der Waals surface area (Å²) in [6, 6.07) is 1.63. The molecule has 2 rings (SSSR count).